The summed E-state index contributed by atoms with van der Waals surface area (Å²) in [4.78, 5) is 0.237. The molecule has 0 saturated carbocycles. The van der Waals surface area contributed by atoms with Gasteiger partial charge in [-0.1, -0.05) is 36.4 Å². The minimum atomic E-state index is -3.71. The Morgan fingerprint density at radius 1 is 1.12 bits per heavy atom. The third kappa shape index (κ3) is 3.51. The molecule has 2 rings (SSSR count). The van der Waals surface area contributed by atoms with E-state index in [4.69, 9.17) is 4.74 Å². The van der Waals surface area contributed by atoms with Gasteiger partial charge in [-0.2, -0.15) is 0 Å². The molecule has 5 heteroatoms. The zero-order valence-corrected chi connectivity index (χ0v) is 14.7. The second-order valence-electron chi connectivity index (χ2n) is 5.27. The maximum absolute atomic E-state index is 13.1. The molecule has 0 radical (unpaired) electrons. The predicted molar refractivity (Wildman–Crippen MR) is 99.0 cm³/mol. The molecule has 0 aromatic heterocycles. The topological polar surface area (TPSA) is 46.6 Å². The number of rotatable bonds is 7. The fourth-order valence-corrected chi connectivity index (χ4v) is 3.79. The van der Waals surface area contributed by atoms with Gasteiger partial charge in [0, 0.05) is 5.56 Å². The Balaban J connectivity index is 2.59. The van der Waals surface area contributed by atoms with E-state index in [1.807, 2.05) is 6.92 Å². The molecule has 0 amide bonds. The summed E-state index contributed by atoms with van der Waals surface area (Å²) in [6.45, 7) is 9.52. The Morgan fingerprint density at radius 2 is 1.79 bits per heavy atom. The lowest BCUT2D eigenvalue weighted by atomic mass is 10.1. The molecule has 0 aliphatic heterocycles. The van der Waals surface area contributed by atoms with Crippen molar-refractivity contribution < 1.29 is 13.2 Å². The maximum Gasteiger partial charge on any atom is 0.264 e. The average molecular weight is 343 g/mol. The molecule has 0 heterocycles. The van der Waals surface area contributed by atoms with E-state index < -0.39 is 10.0 Å². The van der Waals surface area contributed by atoms with E-state index in [0.717, 1.165) is 5.56 Å². The van der Waals surface area contributed by atoms with Crippen molar-refractivity contribution >= 4 is 21.8 Å². The van der Waals surface area contributed by atoms with Gasteiger partial charge < -0.3 is 4.74 Å². The number of benzene rings is 2. The fourth-order valence-electron chi connectivity index (χ4n) is 2.33. The first-order valence-corrected chi connectivity index (χ1v) is 8.89. The molecule has 0 fully saturated rings. The normalized spacial score (nSPS) is 10.9. The van der Waals surface area contributed by atoms with Crippen LogP contribution in [-0.2, 0) is 10.0 Å². The van der Waals surface area contributed by atoms with Crippen LogP contribution in [0.15, 0.2) is 66.6 Å². The van der Waals surface area contributed by atoms with Crippen LogP contribution in [0, 0.1) is 6.92 Å². The highest BCUT2D eigenvalue weighted by molar-refractivity contribution is 7.92. The summed E-state index contributed by atoms with van der Waals surface area (Å²) in [5.41, 5.74) is 2.21. The average Bonchev–Trinajstić information content (AvgIpc) is 2.59. The number of hydrogen-bond acceptors (Lipinski definition) is 3. The Labute approximate surface area is 143 Å². The van der Waals surface area contributed by atoms with Crippen LogP contribution in [0.1, 0.15) is 11.1 Å². The first kappa shape index (κ1) is 17.8. The largest absolute Gasteiger partial charge is 0.497 e. The predicted octanol–water partition coefficient (Wildman–Crippen LogP) is 4.03. The summed E-state index contributed by atoms with van der Waals surface area (Å²) in [5, 5.41) is 0. The summed E-state index contributed by atoms with van der Waals surface area (Å²) in [5.74, 6) is 0.639. The van der Waals surface area contributed by atoms with Crippen molar-refractivity contribution in [3.05, 3.63) is 72.8 Å². The van der Waals surface area contributed by atoms with Gasteiger partial charge in [-0.25, -0.2) is 8.42 Å². The molecule has 0 aliphatic carbocycles. The Morgan fingerprint density at radius 3 is 2.33 bits per heavy atom. The van der Waals surface area contributed by atoms with Gasteiger partial charge in [0.15, 0.2) is 0 Å². The minimum Gasteiger partial charge on any atom is -0.497 e. The lowest BCUT2D eigenvalue weighted by Crippen LogP contribution is -2.31. The van der Waals surface area contributed by atoms with Gasteiger partial charge in [-0.3, -0.25) is 4.31 Å². The summed E-state index contributed by atoms with van der Waals surface area (Å²) < 4.78 is 32.7. The summed E-state index contributed by atoms with van der Waals surface area (Å²) in [6.07, 6.45) is 3.17. The van der Waals surface area contributed by atoms with Gasteiger partial charge in [-0.15, -0.1) is 6.58 Å². The summed E-state index contributed by atoms with van der Waals surface area (Å²) in [7, 11) is -2.15. The molecule has 0 saturated heterocycles. The third-order valence-corrected chi connectivity index (χ3v) is 5.42. The van der Waals surface area contributed by atoms with E-state index >= 15 is 0 Å². The quantitative estimate of drug-likeness (QED) is 0.713. The van der Waals surface area contributed by atoms with E-state index in [2.05, 4.69) is 13.2 Å². The Bertz CT molecular complexity index is 839. The van der Waals surface area contributed by atoms with Crippen LogP contribution >= 0.6 is 0 Å². The van der Waals surface area contributed by atoms with Crippen LogP contribution in [0.2, 0.25) is 0 Å². The number of hydrogen-bond donors (Lipinski definition) is 0. The molecule has 24 heavy (non-hydrogen) atoms. The number of aryl methyl sites for hydroxylation is 1. The number of ether oxygens (including phenoxy) is 1. The molecule has 0 N–H and O–H groups in total. The number of nitrogens with zero attached hydrogens (tertiary/aromatic N) is 1. The monoisotopic (exact) mass is 343 g/mol. The van der Waals surface area contributed by atoms with Crippen LogP contribution in [0.5, 0.6) is 5.75 Å². The Kier molecular flexibility index (Phi) is 5.46. The third-order valence-electron chi connectivity index (χ3n) is 3.63. The van der Waals surface area contributed by atoms with Crippen LogP contribution in [-0.4, -0.2) is 22.1 Å². The van der Waals surface area contributed by atoms with Gasteiger partial charge in [0.1, 0.15) is 5.75 Å². The van der Waals surface area contributed by atoms with Gasteiger partial charge in [-0.05, 0) is 37.3 Å². The highest BCUT2D eigenvalue weighted by atomic mass is 32.2. The smallest absolute Gasteiger partial charge is 0.264 e. The van der Waals surface area contributed by atoms with Gasteiger partial charge >= 0.3 is 0 Å². The number of anilines is 1. The molecule has 0 unspecified atom stereocenters. The number of sulfonamides is 1. The van der Waals surface area contributed by atoms with Crippen LogP contribution in [0.3, 0.4) is 0 Å². The molecule has 4 nitrogen and oxygen atoms in total. The van der Waals surface area contributed by atoms with Crippen LogP contribution in [0.25, 0.3) is 6.08 Å². The van der Waals surface area contributed by atoms with E-state index in [0.29, 0.717) is 17.0 Å². The van der Waals surface area contributed by atoms with Crippen molar-refractivity contribution in [2.45, 2.75) is 11.8 Å². The minimum absolute atomic E-state index is 0.156. The second kappa shape index (κ2) is 7.36. The molecule has 126 valence electrons. The second-order valence-corrected chi connectivity index (χ2v) is 7.13. The van der Waals surface area contributed by atoms with Crippen molar-refractivity contribution in [3.63, 3.8) is 0 Å². The lowest BCUT2D eigenvalue weighted by molar-refractivity contribution is 0.414. The molecular weight excluding hydrogens is 322 g/mol. The van der Waals surface area contributed by atoms with Gasteiger partial charge in [0.2, 0.25) is 0 Å². The summed E-state index contributed by atoms with van der Waals surface area (Å²) >= 11 is 0. The highest BCUT2D eigenvalue weighted by Gasteiger charge is 2.25. The van der Waals surface area contributed by atoms with Crippen LogP contribution in [0.4, 0.5) is 5.69 Å². The zero-order valence-electron chi connectivity index (χ0n) is 13.9. The molecule has 2 aromatic rings. The number of methoxy groups -OCH3 is 1. The Hall–Kier alpha value is -2.53. The maximum atomic E-state index is 13.1. The van der Waals surface area contributed by atoms with Crippen molar-refractivity contribution in [2.75, 3.05) is 18.0 Å². The molecule has 0 bridgehead atoms. The van der Waals surface area contributed by atoms with Gasteiger partial charge in [0.25, 0.3) is 10.0 Å². The van der Waals surface area contributed by atoms with Crippen molar-refractivity contribution in [1.82, 2.24) is 0 Å². The lowest BCUT2D eigenvalue weighted by Gasteiger charge is -2.25. The van der Waals surface area contributed by atoms with E-state index in [-0.39, 0.29) is 11.4 Å². The van der Waals surface area contributed by atoms with Crippen LogP contribution < -0.4 is 9.04 Å². The van der Waals surface area contributed by atoms with E-state index in [1.54, 1.807) is 61.7 Å². The first-order chi connectivity index (χ1) is 11.4. The van der Waals surface area contributed by atoms with E-state index in [9.17, 15) is 8.42 Å². The van der Waals surface area contributed by atoms with Crippen molar-refractivity contribution in [1.29, 1.82) is 0 Å². The molecular formula is C19H21NO3S. The van der Waals surface area contributed by atoms with Gasteiger partial charge in [0.05, 0.1) is 24.2 Å². The first-order valence-electron chi connectivity index (χ1n) is 7.45. The van der Waals surface area contributed by atoms with Crippen molar-refractivity contribution in [2.24, 2.45) is 0 Å². The van der Waals surface area contributed by atoms with Crippen molar-refractivity contribution in [3.8, 4) is 5.75 Å². The van der Waals surface area contributed by atoms with E-state index in [1.165, 1.54) is 4.31 Å². The molecule has 0 atom stereocenters. The highest BCUT2D eigenvalue weighted by Crippen LogP contribution is 2.30. The zero-order chi connectivity index (χ0) is 17.7. The summed E-state index contributed by atoms with van der Waals surface area (Å²) in [6, 6.07) is 12.0. The molecule has 2 aromatic carbocycles. The fraction of sp³-hybridized carbons (Fsp3) is 0.158. The standard InChI is InChI=1S/C19H21NO3S/c1-5-13-20(19-12-9-17(23-4)14-16(19)6-2)24(21,22)18-10-7-15(3)8-11-18/h5-12,14H,1-2,13H2,3-4H3. The molecule has 0 aliphatic rings. The SMILES string of the molecule is C=CCN(c1ccc(OC)cc1C=C)S(=O)(=O)c1ccc(C)cc1. The molecule has 0 spiro atoms.